The lowest BCUT2D eigenvalue weighted by Gasteiger charge is -2.05. The number of aromatic nitrogens is 1. The average molecular weight is 306 g/mol. The summed E-state index contributed by atoms with van der Waals surface area (Å²) < 4.78 is 0.996. The molecule has 0 saturated heterocycles. The lowest BCUT2D eigenvalue weighted by molar-refractivity contribution is 1.13. The fraction of sp³-hybridized carbons (Fsp3) is 0. The van der Waals surface area contributed by atoms with Crippen LogP contribution in [0.4, 0.5) is 5.69 Å². The van der Waals surface area contributed by atoms with Crippen molar-refractivity contribution in [2.75, 3.05) is 5.73 Å². The maximum atomic E-state index is 8.73. The number of rotatable bonds is 2. The Morgan fingerprint density at radius 3 is 2.76 bits per heavy atom. The van der Waals surface area contributed by atoms with Crippen molar-refractivity contribution in [2.45, 2.75) is 9.92 Å². The lowest BCUT2D eigenvalue weighted by atomic mass is 10.3. The zero-order valence-electron chi connectivity index (χ0n) is 8.72. The van der Waals surface area contributed by atoms with E-state index in [9.17, 15) is 0 Å². The van der Waals surface area contributed by atoms with Crippen LogP contribution in [0.5, 0.6) is 0 Å². The SMILES string of the molecule is N#Cc1cnc(Sc2ccccc2Br)c(N)c1. The summed E-state index contributed by atoms with van der Waals surface area (Å²) in [5.41, 5.74) is 6.83. The Bertz CT molecular complexity index is 593. The quantitative estimate of drug-likeness (QED) is 0.923. The summed E-state index contributed by atoms with van der Waals surface area (Å²) in [5, 5.41) is 9.43. The molecule has 1 aromatic heterocycles. The molecule has 0 aliphatic heterocycles. The Morgan fingerprint density at radius 1 is 1.35 bits per heavy atom. The van der Waals surface area contributed by atoms with Crippen molar-refractivity contribution < 1.29 is 0 Å². The van der Waals surface area contributed by atoms with Crippen LogP contribution in [0.2, 0.25) is 0 Å². The molecule has 0 spiro atoms. The summed E-state index contributed by atoms with van der Waals surface area (Å²) in [6.07, 6.45) is 1.52. The van der Waals surface area contributed by atoms with Crippen molar-refractivity contribution in [3.8, 4) is 6.07 Å². The maximum Gasteiger partial charge on any atom is 0.124 e. The van der Waals surface area contributed by atoms with Crippen LogP contribution in [0.1, 0.15) is 5.56 Å². The van der Waals surface area contributed by atoms with Crippen molar-refractivity contribution in [3.63, 3.8) is 0 Å². The second-order valence-electron chi connectivity index (χ2n) is 3.26. The number of nitrogens with two attached hydrogens (primary N) is 1. The molecule has 5 heteroatoms. The van der Waals surface area contributed by atoms with Crippen LogP contribution in [-0.4, -0.2) is 4.98 Å². The van der Waals surface area contributed by atoms with Gasteiger partial charge in [0.15, 0.2) is 0 Å². The number of nitrogen functional groups attached to an aromatic ring is 1. The Kier molecular flexibility index (Phi) is 3.67. The highest BCUT2D eigenvalue weighted by Crippen LogP contribution is 2.34. The molecule has 2 aromatic rings. The van der Waals surface area contributed by atoms with Gasteiger partial charge in [-0.15, -0.1) is 0 Å². The highest BCUT2D eigenvalue weighted by molar-refractivity contribution is 9.10. The Hall–Kier alpha value is -1.51. The molecule has 0 atom stereocenters. The third kappa shape index (κ3) is 2.78. The molecular weight excluding hydrogens is 298 g/mol. The van der Waals surface area contributed by atoms with E-state index in [1.54, 1.807) is 6.07 Å². The molecule has 1 aromatic carbocycles. The van der Waals surface area contributed by atoms with E-state index < -0.39 is 0 Å². The number of benzene rings is 1. The molecule has 0 radical (unpaired) electrons. The Labute approximate surface area is 112 Å². The molecule has 2 N–H and O–H groups in total. The minimum absolute atomic E-state index is 0.471. The number of halogens is 1. The molecule has 0 amide bonds. The molecule has 17 heavy (non-hydrogen) atoms. The molecule has 2 rings (SSSR count). The third-order valence-electron chi connectivity index (χ3n) is 2.05. The molecule has 0 saturated carbocycles. The zero-order chi connectivity index (χ0) is 12.3. The smallest absolute Gasteiger partial charge is 0.124 e. The molecule has 0 aliphatic carbocycles. The summed E-state index contributed by atoms with van der Waals surface area (Å²) >= 11 is 4.93. The normalized spacial score (nSPS) is 9.88. The van der Waals surface area contributed by atoms with Crippen LogP contribution < -0.4 is 5.73 Å². The van der Waals surface area contributed by atoms with Crippen molar-refractivity contribution in [1.82, 2.24) is 4.98 Å². The second kappa shape index (κ2) is 5.21. The first-order valence-electron chi connectivity index (χ1n) is 4.78. The van der Waals surface area contributed by atoms with Crippen LogP contribution in [0.15, 0.2) is 50.9 Å². The summed E-state index contributed by atoms with van der Waals surface area (Å²) in [4.78, 5) is 5.22. The number of nitrogens with zero attached hydrogens (tertiary/aromatic N) is 2. The average Bonchev–Trinajstić information content (AvgIpc) is 2.34. The van der Waals surface area contributed by atoms with Crippen LogP contribution in [0.3, 0.4) is 0 Å². The predicted octanol–water partition coefficient (Wildman–Crippen LogP) is 3.45. The number of pyridine rings is 1. The van der Waals surface area contributed by atoms with Gasteiger partial charge in [0.2, 0.25) is 0 Å². The van der Waals surface area contributed by atoms with Crippen LogP contribution in [-0.2, 0) is 0 Å². The van der Waals surface area contributed by atoms with Crippen LogP contribution in [0, 0.1) is 11.3 Å². The molecule has 0 bridgehead atoms. The predicted molar refractivity (Wildman–Crippen MR) is 71.6 cm³/mol. The maximum absolute atomic E-state index is 8.73. The van der Waals surface area contributed by atoms with E-state index in [0.717, 1.165) is 9.37 Å². The van der Waals surface area contributed by atoms with Crippen molar-refractivity contribution in [1.29, 1.82) is 5.26 Å². The highest BCUT2D eigenvalue weighted by Gasteiger charge is 2.07. The van der Waals surface area contributed by atoms with Gasteiger partial charge in [-0.2, -0.15) is 5.26 Å². The topological polar surface area (TPSA) is 62.7 Å². The second-order valence-corrected chi connectivity index (χ2v) is 5.15. The first kappa shape index (κ1) is 12.0. The number of hydrogen-bond acceptors (Lipinski definition) is 4. The van der Waals surface area contributed by atoms with E-state index in [0.29, 0.717) is 16.3 Å². The van der Waals surface area contributed by atoms with Gasteiger partial charge in [0.25, 0.3) is 0 Å². The van der Waals surface area contributed by atoms with Gasteiger partial charge in [0.1, 0.15) is 11.1 Å². The first-order valence-corrected chi connectivity index (χ1v) is 6.39. The van der Waals surface area contributed by atoms with Crippen LogP contribution >= 0.6 is 27.7 Å². The molecular formula is C12H8BrN3S. The van der Waals surface area contributed by atoms with E-state index in [1.165, 1.54) is 18.0 Å². The molecule has 0 fully saturated rings. The van der Waals surface area contributed by atoms with Crippen molar-refractivity contribution >= 4 is 33.4 Å². The van der Waals surface area contributed by atoms with E-state index in [4.69, 9.17) is 11.0 Å². The first-order chi connectivity index (χ1) is 8.20. The minimum atomic E-state index is 0.471. The van der Waals surface area contributed by atoms with E-state index in [1.807, 2.05) is 30.3 Å². The lowest BCUT2D eigenvalue weighted by Crippen LogP contribution is -1.93. The monoisotopic (exact) mass is 305 g/mol. The Balaban J connectivity index is 2.32. The summed E-state index contributed by atoms with van der Waals surface area (Å²) in [5.74, 6) is 0. The fourth-order valence-electron chi connectivity index (χ4n) is 1.25. The van der Waals surface area contributed by atoms with E-state index >= 15 is 0 Å². The molecule has 0 unspecified atom stereocenters. The number of anilines is 1. The summed E-state index contributed by atoms with van der Waals surface area (Å²) in [6.45, 7) is 0. The van der Waals surface area contributed by atoms with Crippen LogP contribution in [0.25, 0.3) is 0 Å². The van der Waals surface area contributed by atoms with Gasteiger partial charge in [0.05, 0.1) is 11.3 Å². The minimum Gasteiger partial charge on any atom is -0.396 e. The number of hydrogen-bond donors (Lipinski definition) is 1. The Morgan fingerprint density at radius 2 is 2.12 bits per heavy atom. The van der Waals surface area contributed by atoms with Crippen molar-refractivity contribution in [2.24, 2.45) is 0 Å². The molecule has 3 nitrogen and oxygen atoms in total. The fourth-order valence-corrected chi connectivity index (χ4v) is 2.58. The summed E-state index contributed by atoms with van der Waals surface area (Å²) in [6, 6.07) is 11.5. The van der Waals surface area contributed by atoms with Gasteiger partial charge in [-0.05, 0) is 34.1 Å². The van der Waals surface area contributed by atoms with Gasteiger partial charge in [-0.3, -0.25) is 0 Å². The van der Waals surface area contributed by atoms with E-state index in [2.05, 4.69) is 20.9 Å². The van der Waals surface area contributed by atoms with E-state index in [-0.39, 0.29) is 0 Å². The number of nitriles is 1. The standard InChI is InChI=1S/C12H8BrN3S/c13-9-3-1-2-4-11(9)17-12-10(15)5-8(6-14)7-16-12/h1-5,7H,15H2. The van der Waals surface area contributed by atoms with Gasteiger partial charge in [-0.25, -0.2) is 4.98 Å². The third-order valence-corrected chi connectivity index (χ3v) is 4.12. The van der Waals surface area contributed by atoms with Crippen molar-refractivity contribution in [3.05, 3.63) is 46.6 Å². The largest absolute Gasteiger partial charge is 0.396 e. The highest BCUT2D eigenvalue weighted by atomic mass is 79.9. The van der Waals surface area contributed by atoms with Gasteiger partial charge < -0.3 is 5.73 Å². The van der Waals surface area contributed by atoms with Gasteiger partial charge in [-0.1, -0.05) is 23.9 Å². The molecule has 0 aliphatic rings. The molecule has 1 heterocycles. The van der Waals surface area contributed by atoms with Gasteiger partial charge >= 0.3 is 0 Å². The zero-order valence-corrected chi connectivity index (χ0v) is 11.1. The molecule has 84 valence electrons. The van der Waals surface area contributed by atoms with Gasteiger partial charge in [0, 0.05) is 15.6 Å². The summed E-state index contributed by atoms with van der Waals surface area (Å²) in [7, 11) is 0.